The van der Waals surface area contributed by atoms with Gasteiger partial charge >= 0.3 is 0 Å². The van der Waals surface area contributed by atoms with Crippen LogP contribution in [0, 0.1) is 0 Å². The fourth-order valence-corrected chi connectivity index (χ4v) is 9.19. The maximum Gasteiger partial charge on any atom is 0.209 e. The van der Waals surface area contributed by atoms with E-state index in [2.05, 4.69) is 4.90 Å². The molecule has 2 aliphatic rings. The van der Waals surface area contributed by atoms with Gasteiger partial charge in [0.1, 0.15) is 0 Å². The second kappa shape index (κ2) is 8.05. The number of anilines is 3. The first-order valence-corrected chi connectivity index (χ1v) is 14.8. The lowest BCUT2D eigenvalue weighted by atomic mass is 10.0. The van der Waals surface area contributed by atoms with E-state index in [0.29, 0.717) is 5.56 Å². The number of fused-ring (bicyclic) bond motifs is 4. The molecule has 5 aromatic carbocycles. The molecule has 8 heteroatoms. The number of para-hydroxylation sites is 4. The van der Waals surface area contributed by atoms with Gasteiger partial charge in [-0.25, -0.2) is 16.8 Å². The largest absolute Gasteiger partial charge is 0.453 e. The Kier molecular flexibility index (Phi) is 4.82. The second-order valence-electron chi connectivity index (χ2n) is 9.03. The SMILES string of the molecule is O=S1(=O)c2ccccc2S(=O)(=O)c2cc(-c3ccc(N4c5ccccc5Oc5ccccc54)cc3)ccc21. The van der Waals surface area contributed by atoms with Crippen LogP contribution in [0.3, 0.4) is 0 Å². The molecule has 0 amide bonds. The van der Waals surface area contributed by atoms with Crippen molar-refractivity contribution >= 4 is 36.7 Å². The molecule has 6 nitrogen and oxygen atoms in total. The van der Waals surface area contributed by atoms with E-state index in [9.17, 15) is 16.8 Å². The summed E-state index contributed by atoms with van der Waals surface area (Å²) in [6.07, 6.45) is 0. The molecular weight excluding hydrogens is 518 g/mol. The number of hydrogen-bond donors (Lipinski definition) is 0. The Labute approximate surface area is 220 Å². The third kappa shape index (κ3) is 3.24. The van der Waals surface area contributed by atoms with Crippen molar-refractivity contribution in [2.75, 3.05) is 4.90 Å². The summed E-state index contributed by atoms with van der Waals surface area (Å²) in [4.78, 5) is 1.34. The van der Waals surface area contributed by atoms with Crippen LogP contribution in [-0.2, 0) is 19.7 Å². The minimum Gasteiger partial charge on any atom is -0.453 e. The Morgan fingerprint density at radius 2 is 0.947 bits per heavy atom. The average Bonchev–Trinajstić information content (AvgIpc) is 2.95. The molecule has 0 aromatic heterocycles. The van der Waals surface area contributed by atoms with Crippen molar-refractivity contribution in [2.45, 2.75) is 19.6 Å². The molecule has 0 spiro atoms. The van der Waals surface area contributed by atoms with Gasteiger partial charge < -0.3 is 9.64 Å². The first-order chi connectivity index (χ1) is 18.4. The van der Waals surface area contributed by atoms with E-state index in [0.717, 1.165) is 34.1 Å². The van der Waals surface area contributed by atoms with Crippen molar-refractivity contribution in [3.05, 3.63) is 115 Å². The van der Waals surface area contributed by atoms with Gasteiger partial charge in [-0.2, -0.15) is 0 Å². The van der Waals surface area contributed by atoms with Crippen LogP contribution in [0.1, 0.15) is 0 Å². The van der Waals surface area contributed by atoms with Crippen LogP contribution in [-0.4, -0.2) is 16.8 Å². The number of sulfone groups is 2. The van der Waals surface area contributed by atoms with Crippen molar-refractivity contribution in [2.24, 2.45) is 0 Å². The molecule has 5 aromatic rings. The van der Waals surface area contributed by atoms with E-state index in [4.69, 9.17) is 4.74 Å². The van der Waals surface area contributed by atoms with Gasteiger partial charge in [0.2, 0.25) is 19.7 Å². The summed E-state index contributed by atoms with van der Waals surface area (Å²) in [5.41, 5.74) is 4.08. The summed E-state index contributed by atoms with van der Waals surface area (Å²) in [6.45, 7) is 0. The van der Waals surface area contributed by atoms with E-state index in [1.807, 2.05) is 72.8 Å². The Bertz CT molecular complexity index is 1940. The molecule has 38 heavy (non-hydrogen) atoms. The van der Waals surface area contributed by atoms with Crippen molar-refractivity contribution in [1.82, 2.24) is 0 Å². The third-order valence-electron chi connectivity index (χ3n) is 6.84. The van der Waals surface area contributed by atoms with Crippen LogP contribution in [0.25, 0.3) is 11.1 Å². The van der Waals surface area contributed by atoms with E-state index >= 15 is 0 Å². The minimum absolute atomic E-state index is 0.185. The van der Waals surface area contributed by atoms with Gasteiger partial charge in [0.05, 0.1) is 31.0 Å². The monoisotopic (exact) mass is 537 g/mol. The van der Waals surface area contributed by atoms with Gasteiger partial charge in [0.25, 0.3) is 0 Å². The summed E-state index contributed by atoms with van der Waals surface area (Å²) >= 11 is 0. The summed E-state index contributed by atoms with van der Waals surface area (Å²) in [6, 6.07) is 33.5. The predicted molar refractivity (Wildman–Crippen MR) is 144 cm³/mol. The highest BCUT2D eigenvalue weighted by Gasteiger charge is 2.39. The predicted octanol–water partition coefficient (Wildman–Crippen LogP) is 6.91. The lowest BCUT2D eigenvalue weighted by Crippen LogP contribution is -2.19. The molecule has 0 saturated carbocycles. The lowest BCUT2D eigenvalue weighted by molar-refractivity contribution is 0.477. The molecule has 0 saturated heterocycles. The topological polar surface area (TPSA) is 80.8 Å². The van der Waals surface area contributed by atoms with Crippen molar-refractivity contribution < 1.29 is 21.6 Å². The maximum atomic E-state index is 13.4. The molecule has 2 aliphatic heterocycles. The van der Waals surface area contributed by atoms with Crippen LogP contribution < -0.4 is 9.64 Å². The Hall–Kier alpha value is -4.40. The molecule has 7 rings (SSSR count). The first kappa shape index (κ1) is 22.8. The van der Waals surface area contributed by atoms with Crippen molar-refractivity contribution in [3.8, 4) is 22.6 Å². The van der Waals surface area contributed by atoms with E-state index in [-0.39, 0.29) is 19.6 Å². The van der Waals surface area contributed by atoms with Crippen LogP contribution in [0.4, 0.5) is 17.1 Å². The molecule has 186 valence electrons. The van der Waals surface area contributed by atoms with Gasteiger partial charge in [0, 0.05) is 5.69 Å². The molecule has 0 fully saturated rings. The highest BCUT2D eigenvalue weighted by molar-refractivity contribution is 7.97. The van der Waals surface area contributed by atoms with Gasteiger partial charge in [-0.1, -0.05) is 54.6 Å². The van der Waals surface area contributed by atoms with E-state index < -0.39 is 19.7 Å². The average molecular weight is 538 g/mol. The minimum atomic E-state index is -4.00. The molecule has 0 bridgehead atoms. The van der Waals surface area contributed by atoms with Gasteiger partial charge in [-0.15, -0.1) is 0 Å². The zero-order valence-corrected chi connectivity index (χ0v) is 21.4. The standard InChI is InChI=1S/C30H19NO5S2/c32-37(33)27-11-5-6-12-28(27)38(34,35)30-19-21(15-18-29(30)37)20-13-16-22(17-14-20)31-23-7-1-3-9-25(23)36-26-10-4-2-8-24(26)31/h1-19H. The molecule has 0 radical (unpaired) electrons. The zero-order chi connectivity index (χ0) is 26.1. The number of ether oxygens (including phenoxy) is 1. The molecule has 0 atom stereocenters. The highest BCUT2D eigenvalue weighted by atomic mass is 32.2. The first-order valence-electron chi connectivity index (χ1n) is 11.9. The van der Waals surface area contributed by atoms with Crippen LogP contribution in [0.15, 0.2) is 135 Å². The summed E-state index contributed by atoms with van der Waals surface area (Å²) < 4.78 is 59.2. The van der Waals surface area contributed by atoms with Crippen LogP contribution in [0.5, 0.6) is 11.5 Å². The van der Waals surface area contributed by atoms with Gasteiger partial charge in [-0.05, 0) is 71.8 Å². The van der Waals surface area contributed by atoms with Crippen molar-refractivity contribution in [1.29, 1.82) is 0 Å². The van der Waals surface area contributed by atoms with Gasteiger partial charge in [0.15, 0.2) is 11.5 Å². The van der Waals surface area contributed by atoms with Crippen molar-refractivity contribution in [3.63, 3.8) is 0 Å². The van der Waals surface area contributed by atoms with Crippen LogP contribution in [0.2, 0.25) is 0 Å². The third-order valence-corrected chi connectivity index (χ3v) is 10.8. The summed E-state index contributed by atoms with van der Waals surface area (Å²) in [5, 5.41) is 0. The normalized spacial score (nSPS) is 15.8. The Morgan fingerprint density at radius 3 is 1.55 bits per heavy atom. The summed E-state index contributed by atoms with van der Waals surface area (Å²) in [7, 11) is -7.94. The number of rotatable bonds is 2. The molecule has 2 heterocycles. The lowest BCUT2D eigenvalue weighted by Gasteiger charge is -2.32. The molecular formula is C30H19NO5S2. The zero-order valence-electron chi connectivity index (χ0n) is 19.8. The number of nitrogens with zero attached hydrogens (tertiary/aromatic N) is 1. The van der Waals surface area contributed by atoms with Crippen LogP contribution >= 0.6 is 0 Å². The number of benzene rings is 5. The highest BCUT2D eigenvalue weighted by Crippen LogP contribution is 2.50. The molecule has 0 N–H and O–H groups in total. The van der Waals surface area contributed by atoms with E-state index in [1.54, 1.807) is 6.07 Å². The number of hydrogen-bond acceptors (Lipinski definition) is 6. The quantitative estimate of drug-likeness (QED) is 0.238. The smallest absolute Gasteiger partial charge is 0.209 e. The second-order valence-corrected chi connectivity index (χ2v) is 12.8. The Balaban J connectivity index is 1.32. The fourth-order valence-electron chi connectivity index (χ4n) is 5.04. The fraction of sp³-hybridized carbons (Fsp3) is 0. The summed E-state index contributed by atoms with van der Waals surface area (Å²) in [5.74, 6) is 1.49. The molecule has 0 aliphatic carbocycles. The maximum absolute atomic E-state index is 13.4. The van der Waals surface area contributed by atoms with Gasteiger partial charge in [-0.3, -0.25) is 0 Å². The molecule has 0 unspecified atom stereocenters. The Morgan fingerprint density at radius 1 is 0.474 bits per heavy atom. The van der Waals surface area contributed by atoms with E-state index in [1.165, 1.54) is 36.4 Å².